The number of sulfonamides is 1. The van der Waals surface area contributed by atoms with Crippen molar-refractivity contribution >= 4 is 27.2 Å². The smallest absolute Gasteiger partial charge is 0.246 e. The van der Waals surface area contributed by atoms with Gasteiger partial charge in [-0.3, -0.25) is 0 Å². The first-order valence-electron chi connectivity index (χ1n) is 6.63. The molecule has 0 atom stereocenters. The SMILES string of the molecule is Cc1noc(C)c1S(=O)(=O)NC1(C(N)=S)CCN(C)CC1. The first-order valence-corrected chi connectivity index (χ1v) is 8.52. The Bertz CT molecular complexity index is 626. The summed E-state index contributed by atoms with van der Waals surface area (Å²) in [7, 11) is -1.81. The number of aromatic nitrogens is 1. The minimum atomic E-state index is -3.79. The lowest BCUT2D eigenvalue weighted by Gasteiger charge is -2.40. The van der Waals surface area contributed by atoms with Crippen LogP contribution in [0.3, 0.4) is 0 Å². The van der Waals surface area contributed by atoms with E-state index in [-0.39, 0.29) is 15.6 Å². The van der Waals surface area contributed by atoms with Gasteiger partial charge in [-0.05, 0) is 33.7 Å². The minimum Gasteiger partial charge on any atom is -0.392 e. The average molecular weight is 332 g/mol. The first-order chi connectivity index (χ1) is 9.68. The molecule has 7 nitrogen and oxygen atoms in total. The third-order valence-corrected chi connectivity index (χ3v) is 6.05. The van der Waals surface area contributed by atoms with Crippen LogP contribution in [-0.4, -0.2) is 49.1 Å². The highest BCUT2D eigenvalue weighted by molar-refractivity contribution is 7.89. The zero-order chi connectivity index (χ0) is 15.8. The molecule has 0 aliphatic carbocycles. The van der Waals surface area contributed by atoms with Crippen molar-refractivity contribution < 1.29 is 12.9 Å². The van der Waals surface area contributed by atoms with Crippen molar-refractivity contribution in [3.8, 4) is 0 Å². The van der Waals surface area contributed by atoms with Gasteiger partial charge in [0.05, 0.1) is 10.5 Å². The van der Waals surface area contributed by atoms with Crippen LogP contribution in [0, 0.1) is 13.8 Å². The van der Waals surface area contributed by atoms with E-state index in [1.807, 2.05) is 7.05 Å². The summed E-state index contributed by atoms with van der Waals surface area (Å²) in [4.78, 5) is 2.35. The molecule has 118 valence electrons. The average Bonchev–Trinajstić information content (AvgIpc) is 2.72. The van der Waals surface area contributed by atoms with Crippen molar-refractivity contribution in [2.24, 2.45) is 5.73 Å². The lowest BCUT2D eigenvalue weighted by Crippen LogP contribution is -2.61. The van der Waals surface area contributed by atoms with Gasteiger partial charge in [-0.2, -0.15) is 4.72 Å². The summed E-state index contributed by atoms with van der Waals surface area (Å²) in [6, 6.07) is 0. The Morgan fingerprint density at radius 3 is 2.43 bits per heavy atom. The van der Waals surface area contributed by atoms with Gasteiger partial charge in [0.2, 0.25) is 10.0 Å². The fourth-order valence-corrected chi connectivity index (χ4v) is 4.66. The van der Waals surface area contributed by atoms with Crippen molar-refractivity contribution in [3.63, 3.8) is 0 Å². The monoisotopic (exact) mass is 332 g/mol. The molecular weight excluding hydrogens is 312 g/mol. The first kappa shape index (κ1) is 16.3. The van der Waals surface area contributed by atoms with Crippen LogP contribution < -0.4 is 10.5 Å². The molecular formula is C12H20N4O3S2. The van der Waals surface area contributed by atoms with Gasteiger partial charge < -0.3 is 15.2 Å². The lowest BCUT2D eigenvalue weighted by atomic mass is 9.89. The molecule has 3 N–H and O–H groups in total. The van der Waals surface area contributed by atoms with Crippen molar-refractivity contribution in [2.75, 3.05) is 20.1 Å². The van der Waals surface area contributed by atoms with E-state index in [1.165, 1.54) is 0 Å². The number of aryl methyl sites for hydroxylation is 2. The van der Waals surface area contributed by atoms with E-state index >= 15 is 0 Å². The molecule has 2 rings (SSSR count). The number of piperidine rings is 1. The second kappa shape index (κ2) is 5.64. The lowest BCUT2D eigenvalue weighted by molar-refractivity contribution is 0.220. The largest absolute Gasteiger partial charge is 0.392 e. The third kappa shape index (κ3) is 3.10. The van der Waals surface area contributed by atoms with Gasteiger partial charge in [-0.1, -0.05) is 17.4 Å². The van der Waals surface area contributed by atoms with Crippen LogP contribution in [0.25, 0.3) is 0 Å². The summed E-state index contributed by atoms with van der Waals surface area (Å²) in [5.74, 6) is 0.256. The maximum Gasteiger partial charge on any atom is 0.246 e. The predicted octanol–water partition coefficient (Wildman–Crippen LogP) is 0.320. The second-order valence-corrected chi connectivity index (χ2v) is 7.57. The van der Waals surface area contributed by atoms with Gasteiger partial charge >= 0.3 is 0 Å². The zero-order valence-corrected chi connectivity index (χ0v) is 14.0. The van der Waals surface area contributed by atoms with Crippen molar-refractivity contribution in [3.05, 3.63) is 11.5 Å². The quantitative estimate of drug-likeness (QED) is 0.766. The number of nitrogens with zero attached hydrogens (tertiary/aromatic N) is 2. The van der Waals surface area contributed by atoms with Crippen LogP contribution in [-0.2, 0) is 10.0 Å². The summed E-state index contributed by atoms with van der Waals surface area (Å²) < 4.78 is 32.9. The Morgan fingerprint density at radius 1 is 1.43 bits per heavy atom. The maximum atomic E-state index is 12.7. The van der Waals surface area contributed by atoms with E-state index in [0.29, 0.717) is 18.5 Å². The van der Waals surface area contributed by atoms with Gasteiger partial charge in [0, 0.05) is 13.1 Å². The molecule has 9 heteroatoms. The van der Waals surface area contributed by atoms with Crippen LogP contribution in [0.1, 0.15) is 24.3 Å². The van der Waals surface area contributed by atoms with E-state index in [1.54, 1.807) is 13.8 Å². The summed E-state index contributed by atoms with van der Waals surface area (Å²) in [6.07, 6.45) is 1.09. The molecule has 1 aliphatic heterocycles. The molecule has 0 unspecified atom stereocenters. The molecule has 0 saturated carbocycles. The number of thiocarbonyl (C=S) groups is 1. The van der Waals surface area contributed by atoms with E-state index in [4.69, 9.17) is 22.5 Å². The fraction of sp³-hybridized carbons (Fsp3) is 0.667. The Morgan fingerprint density at radius 2 is 2.00 bits per heavy atom. The van der Waals surface area contributed by atoms with Crippen LogP contribution in [0.15, 0.2) is 9.42 Å². The molecule has 1 aromatic heterocycles. The van der Waals surface area contributed by atoms with Gasteiger partial charge in [-0.25, -0.2) is 8.42 Å². The van der Waals surface area contributed by atoms with Crippen molar-refractivity contribution in [1.82, 2.24) is 14.8 Å². The molecule has 0 aromatic carbocycles. The second-order valence-electron chi connectivity index (χ2n) is 5.51. The molecule has 2 heterocycles. The normalized spacial score (nSPS) is 19.6. The standard InChI is InChI=1S/C12H20N4O3S2/c1-8-10(9(2)19-14-8)21(17,18)15-12(11(13)20)4-6-16(3)7-5-12/h15H,4-7H2,1-3H3,(H2,13,20). The molecule has 0 bridgehead atoms. The summed E-state index contributed by atoms with van der Waals surface area (Å²) in [5, 5.41) is 3.69. The maximum absolute atomic E-state index is 12.7. The molecule has 21 heavy (non-hydrogen) atoms. The Kier molecular flexibility index (Phi) is 4.39. The zero-order valence-electron chi connectivity index (χ0n) is 12.3. The summed E-state index contributed by atoms with van der Waals surface area (Å²) in [5.41, 5.74) is 5.26. The molecule has 1 aliphatic rings. The topological polar surface area (TPSA) is 101 Å². The molecule has 0 radical (unpaired) electrons. The third-order valence-electron chi connectivity index (χ3n) is 3.88. The molecule has 0 amide bonds. The van der Waals surface area contributed by atoms with Crippen molar-refractivity contribution in [2.45, 2.75) is 37.1 Å². The van der Waals surface area contributed by atoms with Gasteiger partial charge in [-0.15, -0.1) is 0 Å². The van der Waals surface area contributed by atoms with Crippen LogP contribution >= 0.6 is 12.2 Å². The van der Waals surface area contributed by atoms with E-state index in [0.717, 1.165) is 13.1 Å². The highest BCUT2D eigenvalue weighted by Gasteiger charge is 2.41. The van der Waals surface area contributed by atoms with E-state index in [9.17, 15) is 8.42 Å². The van der Waals surface area contributed by atoms with Crippen LogP contribution in [0.4, 0.5) is 0 Å². The number of hydrogen-bond acceptors (Lipinski definition) is 6. The number of hydrogen-bond donors (Lipinski definition) is 2. The van der Waals surface area contributed by atoms with Gasteiger partial charge in [0.1, 0.15) is 10.6 Å². The molecule has 0 spiro atoms. The van der Waals surface area contributed by atoms with E-state index in [2.05, 4.69) is 14.8 Å². The number of likely N-dealkylation sites (tertiary alicyclic amines) is 1. The number of nitrogens with one attached hydrogen (secondary N) is 1. The Hall–Kier alpha value is -1.03. The van der Waals surface area contributed by atoms with Crippen molar-refractivity contribution in [1.29, 1.82) is 0 Å². The Labute approximate surface area is 129 Å². The van der Waals surface area contributed by atoms with Crippen LogP contribution in [0.2, 0.25) is 0 Å². The minimum absolute atomic E-state index is 0.0667. The van der Waals surface area contributed by atoms with Gasteiger partial charge in [0.25, 0.3) is 0 Å². The Balaban J connectivity index is 2.35. The number of nitrogens with two attached hydrogens (primary N) is 1. The summed E-state index contributed by atoms with van der Waals surface area (Å²) in [6.45, 7) is 4.60. The molecule has 1 saturated heterocycles. The number of rotatable bonds is 4. The predicted molar refractivity (Wildman–Crippen MR) is 82.5 cm³/mol. The highest BCUT2D eigenvalue weighted by atomic mass is 32.2. The molecule has 1 fully saturated rings. The van der Waals surface area contributed by atoms with E-state index < -0.39 is 15.6 Å². The summed E-state index contributed by atoms with van der Waals surface area (Å²) >= 11 is 5.12. The highest BCUT2D eigenvalue weighted by Crippen LogP contribution is 2.27. The molecule has 1 aromatic rings. The fourth-order valence-electron chi connectivity index (χ4n) is 2.57. The van der Waals surface area contributed by atoms with Gasteiger partial charge in [0.15, 0.2) is 5.76 Å². The van der Waals surface area contributed by atoms with Crippen LogP contribution in [0.5, 0.6) is 0 Å².